The zero-order chi connectivity index (χ0) is 37.9. The van der Waals surface area contributed by atoms with E-state index in [1.807, 2.05) is 32.8 Å². The minimum atomic E-state index is -2.09. The van der Waals surface area contributed by atoms with Gasteiger partial charge in [-0.25, -0.2) is 4.39 Å². The Morgan fingerprint density at radius 2 is 1.76 bits per heavy atom. The highest BCUT2D eigenvalue weighted by Crippen LogP contribution is 2.41. The van der Waals surface area contributed by atoms with E-state index in [-0.39, 0.29) is 43.1 Å². The Kier molecular flexibility index (Phi) is 14.7. The maximum atomic E-state index is 15.0. The molecule has 2 fully saturated rings. The zero-order valence-electron chi connectivity index (χ0n) is 31.2. The molecule has 50 heavy (non-hydrogen) atoms. The number of carbonyl (C=O) groups is 1. The Morgan fingerprint density at radius 3 is 2.34 bits per heavy atom. The van der Waals surface area contributed by atoms with Crippen molar-refractivity contribution in [3.63, 3.8) is 0 Å². The van der Waals surface area contributed by atoms with Gasteiger partial charge in [-0.15, -0.1) is 0 Å². The molecule has 0 radical (unpaired) electrons. The van der Waals surface area contributed by atoms with Crippen LogP contribution in [0.2, 0.25) is 0 Å². The highest BCUT2D eigenvalue weighted by molar-refractivity contribution is 9.10. The van der Waals surface area contributed by atoms with Gasteiger partial charge in [0.25, 0.3) is 0 Å². The Hall–Kier alpha value is -1.46. The van der Waals surface area contributed by atoms with Crippen LogP contribution in [0, 0.1) is 23.6 Å². The van der Waals surface area contributed by atoms with E-state index in [9.17, 15) is 30.3 Å². The molecule has 0 bridgehead atoms. The number of hydrogen-bond acceptors (Lipinski definition) is 12. The molecule has 2 aliphatic heterocycles. The lowest BCUT2D eigenvalue weighted by Crippen LogP contribution is -2.63. The molecule has 0 aliphatic carbocycles. The lowest BCUT2D eigenvalue weighted by atomic mass is 9.70. The second-order valence-corrected chi connectivity index (χ2v) is 16.4. The van der Waals surface area contributed by atoms with Gasteiger partial charge in [-0.05, 0) is 98.6 Å². The number of hydrogen-bond donors (Lipinski definition) is 7. The maximum Gasteiger partial charge on any atom is 0.312 e. The fourth-order valence-electron chi connectivity index (χ4n) is 7.59. The Balaban J connectivity index is 2.18. The zero-order valence-corrected chi connectivity index (χ0v) is 32.8. The number of ether oxygens (including phenoxy) is 3. The molecule has 3 rings (SSSR count). The number of halogens is 2. The topological polar surface area (TPSA) is 173 Å². The van der Waals surface area contributed by atoms with Gasteiger partial charge in [-0.1, -0.05) is 36.7 Å². The minimum absolute atomic E-state index is 0.0642. The van der Waals surface area contributed by atoms with Crippen LogP contribution in [0.3, 0.4) is 0 Å². The Morgan fingerprint density at radius 1 is 1.12 bits per heavy atom. The van der Waals surface area contributed by atoms with E-state index in [2.05, 4.69) is 26.6 Å². The van der Waals surface area contributed by atoms with Crippen molar-refractivity contribution in [3.8, 4) is 0 Å². The molecule has 14 atom stereocenters. The van der Waals surface area contributed by atoms with Gasteiger partial charge in [0.05, 0.1) is 35.0 Å². The van der Waals surface area contributed by atoms with Crippen molar-refractivity contribution in [3.05, 3.63) is 28.5 Å². The molecule has 2 aliphatic rings. The summed E-state index contributed by atoms with van der Waals surface area (Å²) in [7, 11) is 3.69. The van der Waals surface area contributed by atoms with Crippen LogP contribution in [-0.2, 0) is 19.0 Å². The number of esters is 1. The molecule has 2 heterocycles. The van der Waals surface area contributed by atoms with Gasteiger partial charge in [-0.3, -0.25) is 4.79 Å². The van der Waals surface area contributed by atoms with E-state index in [0.717, 1.165) is 0 Å². The molecule has 0 saturated carbocycles. The van der Waals surface area contributed by atoms with Crippen LogP contribution >= 0.6 is 15.9 Å². The van der Waals surface area contributed by atoms with Gasteiger partial charge in [0.15, 0.2) is 6.29 Å². The van der Waals surface area contributed by atoms with Gasteiger partial charge < -0.3 is 55.3 Å². The number of aliphatic hydroxyl groups excluding tert-OH is 2. The Labute approximate surface area is 305 Å². The lowest BCUT2D eigenvalue weighted by Gasteiger charge is -2.49. The van der Waals surface area contributed by atoms with Crippen LogP contribution < -0.4 is 10.6 Å². The van der Waals surface area contributed by atoms with Crippen molar-refractivity contribution in [2.45, 2.75) is 140 Å². The largest absolute Gasteiger partial charge is 0.459 e. The molecular weight excluding hydrogens is 717 g/mol. The number of cyclic esters (lactones) is 1. The summed E-state index contributed by atoms with van der Waals surface area (Å²) in [6.45, 7) is 13.2. The monoisotopic (exact) mass is 777 g/mol. The molecule has 14 heteroatoms. The number of nitrogens with zero attached hydrogens (tertiary/aromatic N) is 1. The molecule has 288 valence electrons. The van der Waals surface area contributed by atoms with Crippen LogP contribution in [-0.4, -0.2) is 129 Å². The van der Waals surface area contributed by atoms with Gasteiger partial charge in [0.2, 0.25) is 0 Å². The van der Waals surface area contributed by atoms with Crippen LogP contribution in [0.5, 0.6) is 0 Å². The second kappa shape index (κ2) is 17.1. The van der Waals surface area contributed by atoms with Crippen LogP contribution in [0.25, 0.3) is 0 Å². The number of carbonyl (C=O) groups excluding carboxylic acids is 1. The third-order valence-electron chi connectivity index (χ3n) is 10.9. The van der Waals surface area contributed by atoms with Crippen molar-refractivity contribution in [2.75, 3.05) is 32.5 Å². The molecule has 0 amide bonds. The average molecular weight is 779 g/mol. The van der Waals surface area contributed by atoms with E-state index in [0.29, 0.717) is 17.4 Å². The van der Waals surface area contributed by atoms with E-state index < -0.39 is 77.2 Å². The van der Waals surface area contributed by atoms with E-state index in [1.165, 1.54) is 26.0 Å². The van der Waals surface area contributed by atoms with Crippen molar-refractivity contribution in [1.82, 2.24) is 10.2 Å². The molecule has 1 aromatic carbocycles. The number of benzene rings is 1. The first-order chi connectivity index (χ1) is 23.1. The molecule has 2 saturated heterocycles. The number of aliphatic hydroxyl groups is 5. The molecule has 0 aromatic heterocycles. The normalized spacial score (nSPS) is 42.8. The predicted octanol–water partition coefficient (Wildman–Crippen LogP) is 3.02. The van der Waals surface area contributed by atoms with Gasteiger partial charge in [-0.2, -0.15) is 0 Å². The highest BCUT2D eigenvalue weighted by Gasteiger charge is 2.55. The van der Waals surface area contributed by atoms with Crippen LogP contribution in [0.4, 0.5) is 10.1 Å². The van der Waals surface area contributed by atoms with Crippen LogP contribution in [0.15, 0.2) is 22.7 Å². The van der Waals surface area contributed by atoms with E-state index in [1.54, 1.807) is 33.8 Å². The smallest absolute Gasteiger partial charge is 0.312 e. The first-order valence-corrected chi connectivity index (χ1v) is 18.5. The second-order valence-electron chi connectivity index (χ2n) is 15.5. The number of nitrogens with one attached hydrogen (secondary N) is 2. The van der Waals surface area contributed by atoms with E-state index in [4.69, 9.17) is 14.2 Å². The van der Waals surface area contributed by atoms with Crippen molar-refractivity contribution in [2.24, 2.45) is 17.8 Å². The van der Waals surface area contributed by atoms with Gasteiger partial charge in [0, 0.05) is 29.0 Å². The third-order valence-corrected chi connectivity index (χ3v) is 11.4. The standard InChI is InChI=1S/C36H61BrFN3O9/c1-11-28-35(8,46)30(43)23(6)39-17-19(2)16-34(7,45)31(50-33-29(42)27(41(9)10)14-20(3)48-33)21(4)36(47,22(5)32(44)49-28)18-40-26-13-12-24(37)15-25(26)38/h12-13,15,19-23,27-31,33,39-40,42-43,45-47H,11,14,16-18H2,1-10H3/t19-,20-,21-,22?,23-,27+,28-,29-,30-,31-,33+,34+,35-,36-/m1/s1. The lowest BCUT2D eigenvalue weighted by molar-refractivity contribution is -0.303. The summed E-state index contributed by atoms with van der Waals surface area (Å²) in [6.07, 6.45) is -5.53. The maximum absolute atomic E-state index is 15.0. The minimum Gasteiger partial charge on any atom is -0.459 e. The summed E-state index contributed by atoms with van der Waals surface area (Å²) in [4.78, 5) is 15.9. The van der Waals surface area contributed by atoms with Crippen molar-refractivity contribution < 1.29 is 48.9 Å². The summed E-state index contributed by atoms with van der Waals surface area (Å²) in [6, 6.07) is 3.43. The number of rotatable bonds is 7. The first-order valence-electron chi connectivity index (χ1n) is 17.7. The number of likely N-dealkylation sites (N-methyl/N-ethyl adjacent to an activating group) is 1. The predicted molar refractivity (Wildman–Crippen MR) is 192 cm³/mol. The fourth-order valence-corrected chi connectivity index (χ4v) is 7.93. The summed E-state index contributed by atoms with van der Waals surface area (Å²) in [5.41, 5.74) is -5.57. The van der Waals surface area contributed by atoms with Gasteiger partial charge in [0.1, 0.15) is 29.7 Å². The third kappa shape index (κ3) is 9.74. The fraction of sp³-hybridized carbons (Fsp3) is 0.806. The Bertz CT molecular complexity index is 1280. The summed E-state index contributed by atoms with van der Waals surface area (Å²) in [5, 5.41) is 65.5. The quantitative estimate of drug-likeness (QED) is 0.202. The molecule has 1 aromatic rings. The molecule has 1 unspecified atom stereocenters. The van der Waals surface area contributed by atoms with Crippen LogP contribution in [0.1, 0.15) is 74.7 Å². The molecule has 0 spiro atoms. The summed E-state index contributed by atoms with van der Waals surface area (Å²) < 4.78 is 34.1. The number of anilines is 1. The first kappa shape index (κ1) is 42.9. The SMILES string of the molecule is CC[C@H]1OC(=O)C(C)[C@@](O)(CNc2ccc(Br)cc2F)[C@H](C)[C@@H](O[C@@H]2O[C@H](C)C[C@H](N(C)C)[C@H]2O)[C@@](C)(O)C[C@@H](C)CN[C@H](C)[C@@H](O)[C@]1(C)O. The highest BCUT2D eigenvalue weighted by atomic mass is 79.9. The summed E-state index contributed by atoms with van der Waals surface area (Å²) in [5.74, 6) is -4.12. The molecular formula is C36H61BrFN3O9. The average Bonchev–Trinajstić information content (AvgIpc) is 3.03. The molecule has 12 nitrogen and oxygen atoms in total. The molecule has 7 N–H and O–H groups in total. The van der Waals surface area contributed by atoms with Gasteiger partial charge >= 0.3 is 5.97 Å². The summed E-state index contributed by atoms with van der Waals surface area (Å²) >= 11 is 3.25. The van der Waals surface area contributed by atoms with E-state index >= 15 is 4.39 Å². The van der Waals surface area contributed by atoms with Crippen molar-refractivity contribution in [1.29, 1.82) is 0 Å². The van der Waals surface area contributed by atoms with Crippen molar-refractivity contribution >= 4 is 27.6 Å².